The summed E-state index contributed by atoms with van der Waals surface area (Å²) in [5.74, 6) is 1.36. The third kappa shape index (κ3) is 5.14. The van der Waals surface area contributed by atoms with Crippen LogP contribution in [-0.2, 0) is 9.53 Å². The number of amides is 1. The molecule has 2 aromatic carbocycles. The van der Waals surface area contributed by atoms with E-state index in [9.17, 15) is 9.59 Å². The summed E-state index contributed by atoms with van der Waals surface area (Å²) in [5, 5.41) is 2.69. The van der Waals surface area contributed by atoms with E-state index in [0.717, 1.165) is 0 Å². The lowest BCUT2D eigenvalue weighted by atomic mass is 10.2. The van der Waals surface area contributed by atoms with Crippen LogP contribution in [0, 0.1) is 5.92 Å². The number of nitrogens with one attached hydrogen (secondary N) is 1. The Hall–Kier alpha value is -3.42. The Balaban J connectivity index is 1.61. The summed E-state index contributed by atoms with van der Waals surface area (Å²) in [7, 11) is 1.49. The summed E-state index contributed by atoms with van der Waals surface area (Å²) in [6, 6.07) is 9.78. The lowest BCUT2D eigenvalue weighted by Crippen LogP contribution is -2.30. The maximum Gasteiger partial charge on any atom is 0.339 e. The van der Waals surface area contributed by atoms with Gasteiger partial charge in [-0.25, -0.2) is 4.79 Å². The summed E-state index contributed by atoms with van der Waals surface area (Å²) in [4.78, 5) is 24.9. The van der Waals surface area contributed by atoms with Crippen molar-refractivity contribution in [2.75, 3.05) is 25.8 Å². The van der Waals surface area contributed by atoms with Crippen molar-refractivity contribution >= 4 is 17.6 Å². The van der Waals surface area contributed by atoms with Gasteiger partial charge in [-0.1, -0.05) is 13.8 Å². The number of hydrogen-bond acceptors (Lipinski definition) is 7. The SMILES string of the molecule is COc1cc(C(=O)OC(C)C(=O)Nc2ccc3c(c2)OCO3)ccc1OCC(C)C. The van der Waals surface area contributed by atoms with Crippen molar-refractivity contribution < 1.29 is 33.3 Å². The Labute approximate surface area is 175 Å². The lowest BCUT2D eigenvalue weighted by Gasteiger charge is -2.15. The number of fused-ring (bicyclic) bond motifs is 1. The van der Waals surface area contributed by atoms with Crippen molar-refractivity contribution in [2.45, 2.75) is 26.9 Å². The van der Waals surface area contributed by atoms with Crippen LogP contribution in [0.2, 0.25) is 0 Å². The fourth-order valence-electron chi connectivity index (χ4n) is 2.67. The summed E-state index contributed by atoms with van der Waals surface area (Å²) in [6.45, 7) is 6.24. The molecule has 30 heavy (non-hydrogen) atoms. The number of anilines is 1. The molecule has 0 radical (unpaired) electrons. The number of rotatable bonds is 8. The van der Waals surface area contributed by atoms with Gasteiger partial charge in [-0.2, -0.15) is 0 Å². The number of ether oxygens (including phenoxy) is 5. The largest absolute Gasteiger partial charge is 0.493 e. The first kappa shape index (κ1) is 21.3. The minimum atomic E-state index is -1.01. The first-order valence-corrected chi connectivity index (χ1v) is 9.59. The number of carbonyl (C=O) groups is 2. The van der Waals surface area contributed by atoms with Gasteiger partial charge in [-0.05, 0) is 43.2 Å². The fraction of sp³-hybridized carbons (Fsp3) is 0.364. The zero-order valence-corrected chi connectivity index (χ0v) is 17.4. The third-order valence-corrected chi connectivity index (χ3v) is 4.26. The van der Waals surface area contributed by atoms with Gasteiger partial charge in [0.05, 0.1) is 19.3 Å². The summed E-state index contributed by atoms with van der Waals surface area (Å²) in [5.41, 5.74) is 0.770. The molecule has 0 aromatic heterocycles. The van der Waals surface area contributed by atoms with Gasteiger partial charge in [-0.3, -0.25) is 4.79 Å². The Bertz CT molecular complexity index is 926. The zero-order valence-electron chi connectivity index (χ0n) is 17.4. The molecule has 0 saturated carbocycles. The maximum absolute atomic E-state index is 12.5. The number of esters is 1. The van der Waals surface area contributed by atoms with Crippen LogP contribution in [0.25, 0.3) is 0 Å². The normalized spacial score (nSPS) is 13.0. The number of methoxy groups -OCH3 is 1. The van der Waals surface area contributed by atoms with Crippen molar-refractivity contribution in [3.8, 4) is 23.0 Å². The molecule has 1 amide bonds. The molecule has 0 fully saturated rings. The Morgan fingerprint density at radius 1 is 1.03 bits per heavy atom. The second-order valence-corrected chi connectivity index (χ2v) is 7.18. The molecule has 160 valence electrons. The van der Waals surface area contributed by atoms with Crippen LogP contribution in [0.4, 0.5) is 5.69 Å². The molecular weight excluding hydrogens is 390 g/mol. The van der Waals surface area contributed by atoms with E-state index in [2.05, 4.69) is 5.32 Å². The minimum absolute atomic E-state index is 0.144. The van der Waals surface area contributed by atoms with Gasteiger partial charge in [0.25, 0.3) is 5.91 Å². The molecule has 1 aliphatic rings. The second kappa shape index (κ2) is 9.39. The molecule has 1 N–H and O–H groups in total. The molecular formula is C22H25NO7. The average molecular weight is 415 g/mol. The van der Waals surface area contributed by atoms with Crippen LogP contribution in [0.1, 0.15) is 31.1 Å². The number of benzene rings is 2. The van der Waals surface area contributed by atoms with Gasteiger partial charge in [-0.15, -0.1) is 0 Å². The van der Waals surface area contributed by atoms with Crippen molar-refractivity contribution in [1.82, 2.24) is 0 Å². The van der Waals surface area contributed by atoms with E-state index in [1.165, 1.54) is 20.1 Å². The minimum Gasteiger partial charge on any atom is -0.493 e. The van der Waals surface area contributed by atoms with E-state index in [0.29, 0.717) is 41.2 Å². The van der Waals surface area contributed by atoms with E-state index >= 15 is 0 Å². The highest BCUT2D eigenvalue weighted by atomic mass is 16.7. The molecule has 8 nitrogen and oxygen atoms in total. The van der Waals surface area contributed by atoms with Gasteiger partial charge >= 0.3 is 5.97 Å². The molecule has 8 heteroatoms. The number of carbonyl (C=O) groups excluding carboxylic acids is 2. The molecule has 1 heterocycles. The molecule has 0 spiro atoms. The third-order valence-electron chi connectivity index (χ3n) is 4.26. The van der Waals surface area contributed by atoms with Crippen LogP contribution in [0.5, 0.6) is 23.0 Å². The average Bonchev–Trinajstić information content (AvgIpc) is 3.19. The molecule has 1 aliphatic heterocycles. The van der Waals surface area contributed by atoms with E-state index in [4.69, 9.17) is 23.7 Å². The van der Waals surface area contributed by atoms with Gasteiger partial charge in [0.1, 0.15) is 0 Å². The molecule has 2 aromatic rings. The van der Waals surface area contributed by atoms with E-state index in [1.54, 1.807) is 30.3 Å². The zero-order chi connectivity index (χ0) is 21.7. The van der Waals surface area contributed by atoms with E-state index in [1.807, 2.05) is 13.8 Å². The number of hydrogen-bond donors (Lipinski definition) is 1. The van der Waals surface area contributed by atoms with Gasteiger partial charge in [0.2, 0.25) is 6.79 Å². The molecule has 0 aliphatic carbocycles. The van der Waals surface area contributed by atoms with Crippen LogP contribution >= 0.6 is 0 Å². The Morgan fingerprint density at radius 2 is 1.80 bits per heavy atom. The standard InChI is InChI=1S/C22H25NO7/c1-13(2)11-27-17-7-5-15(9-19(17)26-4)22(25)30-14(3)21(24)23-16-6-8-18-20(10-16)29-12-28-18/h5-10,13-14H,11-12H2,1-4H3,(H,23,24). The Kier molecular flexibility index (Phi) is 6.66. The van der Waals surface area contributed by atoms with Gasteiger partial charge < -0.3 is 29.0 Å². The van der Waals surface area contributed by atoms with Crippen LogP contribution in [-0.4, -0.2) is 38.5 Å². The van der Waals surface area contributed by atoms with Crippen molar-refractivity contribution in [3.05, 3.63) is 42.0 Å². The first-order valence-electron chi connectivity index (χ1n) is 9.59. The fourth-order valence-corrected chi connectivity index (χ4v) is 2.67. The second-order valence-electron chi connectivity index (χ2n) is 7.18. The molecule has 1 atom stereocenters. The summed E-state index contributed by atoms with van der Waals surface area (Å²) in [6.07, 6.45) is -1.01. The first-order chi connectivity index (χ1) is 14.4. The predicted octanol–water partition coefficient (Wildman–Crippen LogP) is 3.64. The van der Waals surface area contributed by atoms with Crippen molar-refractivity contribution in [1.29, 1.82) is 0 Å². The molecule has 3 rings (SSSR count). The van der Waals surface area contributed by atoms with Gasteiger partial charge in [0, 0.05) is 11.8 Å². The summed E-state index contributed by atoms with van der Waals surface area (Å²) >= 11 is 0. The Morgan fingerprint density at radius 3 is 2.53 bits per heavy atom. The topological polar surface area (TPSA) is 92.3 Å². The smallest absolute Gasteiger partial charge is 0.339 e. The quantitative estimate of drug-likeness (QED) is 0.658. The van der Waals surface area contributed by atoms with E-state index < -0.39 is 18.0 Å². The predicted molar refractivity (Wildman–Crippen MR) is 109 cm³/mol. The highest BCUT2D eigenvalue weighted by Gasteiger charge is 2.21. The molecule has 0 saturated heterocycles. The van der Waals surface area contributed by atoms with Crippen LogP contribution in [0.3, 0.4) is 0 Å². The van der Waals surface area contributed by atoms with E-state index in [-0.39, 0.29) is 12.4 Å². The monoisotopic (exact) mass is 415 g/mol. The summed E-state index contributed by atoms with van der Waals surface area (Å²) < 4.78 is 26.8. The van der Waals surface area contributed by atoms with Crippen LogP contribution < -0.4 is 24.3 Å². The molecule has 0 bridgehead atoms. The van der Waals surface area contributed by atoms with Gasteiger partial charge in [0.15, 0.2) is 29.1 Å². The highest BCUT2D eigenvalue weighted by molar-refractivity contribution is 5.97. The highest BCUT2D eigenvalue weighted by Crippen LogP contribution is 2.34. The van der Waals surface area contributed by atoms with Crippen molar-refractivity contribution in [3.63, 3.8) is 0 Å². The lowest BCUT2D eigenvalue weighted by molar-refractivity contribution is -0.123. The maximum atomic E-state index is 12.5. The van der Waals surface area contributed by atoms with Crippen molar-refractivity contribution in [2.24, 2.45) is 5.92 Å². The van der Waals surface area contributed by atoms with Crippen LogP contribution in [0.15, 0.2) is 36.4 Å². The molecule has 1 unspecified atom stereocenters.